The number of halogens is 1. The molecule has 2 N–H and O–H groups in total. The SMILES string of the molecule is CCCCOC(C)C(=O)NC(CC(=O)O)c1cccc(Br)c1. The Morgan fingerprint density at radius 3 is 2.73 bits per heavy atom. The van der Waals surface area contributed by atoms with Gasteiger partial charge in [0.2, 0.25) is 5.91 Å². The summed E-state index contributed by atoms with van der Waals surface area (Å²) in [5, 5.41) is 11.8. The normalized spacial score (nSPS) is 13.4. The molecule has 2 unspecified atom stereocenters. The molecule has 1 aromatic rings. The Morgan fingerprint density at radius 2 is 2.14 bits per heavy atom. The lowest BCUT2D eigenvalue weighted by atomic mass is 10.0. The number of carbonyl (C=O) groups is 2. The Labute approximate surface area is 139 Å². The van der Waals surface area contributed by atoms with Crippen molar-refractivity contribution in [3.63, 3.8) is 0 Å². The monoisotopic (exact) mass is 371 g/mol. The van der Waals surface area contributed by atoms with E-state index in [9.17, 15) is 9.59 Å². The number of carbonyl (C=O) groups excluding carboxylic acids is 1. The maximum atomic E-state index is 12.1. The van der Waals surface area contributed by atoms with E-state index in [0.717, 1.165) is 22.9 Å². The van der Waals surface area contributed by atoms with Gasteiger partial charge >= 0.3 is 5.97 Å². The highest BCUT2D eigenvalue weighted by molar-refractivity contribution is 9.10. The van der Waals surface area contributed by atoms with E-state index in [4.69, 9.17) is 9.84 Å². The highest BCUT2D eigenvalue weighted by atomic mass is 79.9. The van der Waals surface area contributed by atoms with Crippen LogP contribution in [0.1, 0.15) is 44.7 Å². The summed E-state index contributed by atoms with van der Waals surface area (Å²) in [6.07, 6.45) is 1.11. The van der Waals surface area contributed by atoms with E-state index < -0.39 is 18.1 Å². The van der Waals surface area contributed by atoms with Crippen molar-refractivity contribution in [2.24, 2.45) is 0 Å². The molecule has 2 atom stereocenters. The molecule has 1 aromatic carbocycles. The zero-order valence-corrected chi connectivity index (χ0v) is 14.4. The van der Waals surface area contributed by atoms with E-state index in [0.29, 0.717) is 6.61 Å². The summed E-state index contributed by atoms with van der Waals surface area (Å²) >= 11 is 3.35. The van der Waals surface area contributed by atoms with Crippen LogP contribution < -0.4 is 5.32 Å². The van der Waals surface area contributed by atoms with Gasteiger partial charge in [0.25, 0.3) is 0 Å². The van der Waals surface area contributed by atoms with Crippen molar-refractivity contribution in [2.75, 3.05) is 6.61 Å². The quantitative estimate of drug-likeness (QED) is 0.653. The van der Waals surface area contributed by atoms with Crippen molar-refractivity contribution in [1.82, 2.24) is 5.32 Å². The molecule has 0 heterocycles. The standard InChI is InChI=1S/C16H22BrNO4/c1-3-4-8-22-11(2)16(21)18-14(10-15(19)20)12-6-5-7-13(17)9-12/h5-7,9,11,14H,3-4,8,10H2,1-2H3,(H,18,21)(H,19,20). The molecule has 0 fully saturated rings. The second kappa shape index (κ2) is 9.58. The lowest BCUT2D eigenvalue weighted by Crippen LogP contribution is -2.38. The van der Waals surface area contributed by atoms with Crippen LogP contribution in [0.5, 0.6) is 0 Å². The lowest BCUT2D eigenvalue weighted by molar-refractivity contribution is -0.138. The Bertz CT molecular complexity index is 507. The number of aliphatic carboxylic acids is 1. The molecule has 5 nitrogen and oxygen atoms in total. The van der Waals surface area contributed by atoms with Gasteiger partial charge in [-0.1, -0.05) is 41.4 Å². The van der Waals surface area contributed by atoms with Crippen LogP contribution in [0, 0.1) is 0 Å². The third kappa shape index (κ3) is 6.58. The number of benzene rings is 1. The van der Waals surface area contributed by atoms with E-state index in [-0.39, 0.29) is 12.3 Å². The minimum absolute atomic E-state index is 0.177. The molecule has 0 spiro atoms. The summed E-state index contributed by atoms with van der Waals surface area (Å²) in [5.41, 5.74) is 0.742. The Hall–Kier alpha value is -1.40. The van der Waals surface area contributed by atoms with Crippen LogP contribution in [0.25, 0.3) is 0 Å². The highest BCUT2D eigenvalue weighted by Crippen LogP contribution is 2.21. The second-order valence-corrected chi connectivity index (χ2v) is 6.00. The van der Waals surface area contributed by atoms with Crippen LogP contribution >= 0.6 is 15.9 Å². The summed E-state index contributed by atoms with van der Waals surface area (Å²) in [6.45, 7) is 4.24. The predicted octanol–water partition coefficient (Wildman–Crippen LogP) is 3.29. The Balaban J connectivity index is 2.72. The predicted molar refractivity (Wildman–Crippen MR) is 87.6 cm³/mol. The van der Waals surface area contributed by atoms with E-state index in [1.54, 1.807) is 19.1 Å². The molecule has 0 saturated carbocycles. The molecule has 6 heteroatoms. The number of hydrogen-bond donors (Lipinski definition) is 2. The van der Waals surface area contributed by atoms with Crippen molar-refractivity contribution in [2.45, 2.75) is 45.3 Å². The summed E-state index contributed by atoms with van der Waals surface area (Å²) in [4.78, 5) is 23.2. The van der Waals surface area contributed by atoms with Gasteiger partial charge in [0.1, 0.15) is 6.10 Å². The van der Waals surface area contributed by atoms with Gasteiger partial charge in [0, 0.05) is 11.1 Å². The number of amides is 1. The van der Waals surface area contributed by atoms with E-state index in [1.807, 2.05) is 19.1 Å². The minimum Gasteiger partial charge on any atom is -0.481 e. The van der Waals surface area contributed by atoms with Gasteiger partial charge in [0.15, 0.2) is 0 Å². The molecule has 1 amide bonds. The van der Waals surface area contributed by atoms with Gasteiger partial charge < -0.3 is 15.2 Å². The largest absolute Gasteiger partial charge is 0.481 e. The van der Waals surface area contributed by atoms with Gasteiger partial charge in [-0.2, -0.15) is 0 Å². The zero-order valence-electron chi connectivity index (χ0n) is 12.8. The smallest absolute Gasteiger partial charge is 0.305 e. The van der Waals surface area contributed by atoms with Crippen molar-refractivity contribution in [1.29, 1.82) is 0 Å². The average Bonchev–Trinajstić information content (AvgIpc) is 2.46. The molecule has 0 radical (unpaired) electrons. The first-order valence-electron chi connectivity index (χ1n) is 7.33. The zero-order chi connectivity index (χ0) is 16.5. The first-order chi connectivity index (χ1) is 10.4. The fourth-order valence-corrected chi connectivity index (χ4v) is 2.34. The van der Waals surface area contributed by atoms with Crippen LogP contribution in [0.15, 0.2) is 28.7 Å². The molecule has 0 saturated heterocycles. The van der Waals surface area contributed by atoms with Crippen LogP contribution in [0.4, 0.5) is 0 Å². The Kier molecular flexibility index (Phi) is 8.12. The molecular formula is C16H22BrNO4. The molecule has 0 aliphatic rings. The van der Waals surface area contributed by atoms with Gasteiger partial charge in [-0.15, -0.1) is 0 Å². The minimum atomic E-state index is -0.968. The Morgan fingerprint density at radius 1 is 1.41 bits per heavy atom. The molecule has 1 rings (SSSR count). The fraction of sp³-hybridized carbons (Fsp3) is 0.500. The number of carboxylic acids is 1. The number of ether oxygens (including phenoxy) is 1. The molecule has 122 valence electrons. The second-order valence-electron chi connectivity index (χ2n) is 5.08. The van der Waals surface area contributed by atoms with E-state index in [2.05, 4.69) is 21.2 Å². The third-order valence-electron chi connectivity index (χ3n) is 3.18. The first-order valence-corrected chi connectivity index (χ1v) is 8.12. The van der Waals surface area contributed by atoms with Crippen LogP contribution in [0.3, 0.4) is 0 Å². The van der Waals surface area contributed by atoms with Crippen LogP contribution in [-0.4, -0.2) is 29.7 Å². The van der Waals surface area contributed by atoms with Gasteiger partial charge in [-0.3, -0.25) is 9.59 Å². The van der Waals surface area contributed by atoms with Gasteiger partial charge in [-0.25, -0.2) is 0 Å². The average molecular weight is 372 g/mol. The molecule has 0 bridgehead atoms. The summed E-state index contributed by atoms with van der Waals surface area (Å²) in [5.74, 6) is -1.27. The molecule has 0 aromatic heterocycles. The summed E-state index contributed by atoms with van der Waals surface area (Å²) in [6, 6.07) is 6.67. The van der Waals surface area contributed by atoms with Crippen molar-refractivity contribution in [3.8, 4) is 0 Å². The first kappa shape index (κ1) is 18.6. The van der Waals surface area contributed by atoms with E-state index >= 15 is 0 Å². The number of hydrogen-bond acceptors (Lipinski definition) is 3. The highest BCUT2D eigenvalue weighted by Gasteiger charge is 2.21. The van der Waals surface area contributed by atoms with Crippen LogP contribution in [0.2, 0.25) is 0 Å². The molecule has 0 aliphatic heterocycles. The lowest BCUT2D eigenvalue weighted by Gasteiger charge is -2.20. The molecule has 0 aliphatic carbocycles. The summed E-state index contributed by atoms with van der Waals surface area (Å²) in [7, 11) is 0. The van der Waals surface area contributed by atoms with E-state index in [1.165, 1.54) is 0 Å². The maximum Gasteiger partial charge on any atom is 0.305 e. The third-order valence-corrected chi connectivity index (χ3v) is 3.67. The molecular weight excluding hydrogens is 350 g/mol. The van der Waals surface area contributed by atoms with Gasteiger partial charge in [-0.05, 0) is 31.0 Å². The maximum absolute atomic E-state index is 12.1. The number of rotatable bonds is 9. The number of nitrogens with one attached hydrogen (secondary N) is 1. The summed E-state index contributed by atoms with van der Waals surface area (Å²) < 4.78 is 6.28. The van der Waals surface area contributed by atoms with Crippen molar-refractivity contribution < 1.29 is 19.4 Å². The van der Waals surface area contributed by atoms with Crippen molar-refractivity contribution in [3.05, 3.63) is 34.3 Å². The topological polar surface area (TPSA) is 75.6 Å². The number of carboxylic acid groups (broad SMARTS) is 1. The van der Waals surface area contributed by atoms with Gasteiger partial charge in [0.05, 0.1) is 12.5 Å². The van der Waals surface area contributed by atoms with Crippen LogP contribution in [-0.2, 0) is 14.3 Å². The molecule has 22 heavy (non-hydrogen) atoms. The fourth-order valence-electron chi connectivity index (χ4n) is 1.92. The van der Waals surface area contributed by atoms with Crippen molar-refractivity contribution >= 4 is 27.8 Å². The number of unbranched alkanes of at least 4 members (excludes halogenated alkanes) is 1.